The summed E-state index contributed by atoms with van der Waals surface area (Å²) in [6.07, 6.45) is 4.99. The van der Waals surface area contributed by atoms with Gasteiger partial charge >= 0.3 is 5.97 Å². The monoisotopic (exact) mass is 352 g/mol. The van der Waals surface area contributed by atoms with Crippen LogP contribution in [-0.4, -0.2) is 22.0 Å². The third-order valence-corrected chi connectivity index (χ3v) is 5.41. The second-order valence-electron chi connectivity index (χ2n) is 7.43. The van der Waals surface area contributed by atoms with Gasteiger partial charge in [-0.2, -0.15) is 0 Å². The first-order valence-electron chi connectivity index (χ1n) is 9.09. The van der Waals surface area contributed by atoms with Gasteiger partial charge in [0, 0.05) is 11.1 Å². The summed E-state index contributed by atoms with van der Waals surface area (Å²) in [5.41, 5.74) is 1.70. The van der Waals surface area contributed by atoms with E-state index >= 15 is 0 Å². The van der Waals surface area contributed by atoms with Crippen molar-refractivity contribution >= 4 is 11.8 Å². The number of carboxylic acid groups (broad SMARTS) is 1. The molecule has 2 aromatic rings. The summed E-state index contributed by atoms with van der Waals surface area (Å²) in [5.74, 6) is -1.23. The maximum absolute atomic E-state index is 12.9. The Labute approximate surface area is 153 Å². The molecule has 2 N–H and O–H groups in total. The minimum Gasteiger partial charge on any atom is -0.507 e. The molecular weight excluding hydrogens is 328 g/mol. The van der Waals surface area contributed by atoms with Crippen molar-refractivity contribution in [3.05, 3.63) is 64.7 Å². The van der Waals surface area contributed by atoms with Crippen LogP contribution in [0.3, 0.4) is 0 Å². The smallest absolute Gasteiger partial charge is 0.307 e. The molecule has 0 heterocycles. The second-order valence-corrected chi connectivity index (χ2v) is 7.43. The number of phenols is 1. The van der Waals surface area contributed by atoms with Gasteiger partial charge in [0.25, 0.3) is 0 Å². The topological polar surface area (TPSA) is 74.6 Å². The van der Waals surface area contributed by atoms with Crippen LogP contribution in [0.1, 0.15) is 66.1 Å². The molecule has 136 valence electrons. The van der Waals surface area contributed by atoms with Crippen molar-refractivity contribution < 1.29 is 19.8 Å². The number of carbonyl (C=O) groups excluding carboxylic acids is 1. The molecular formula is C22H24O4. The lowest BCUT2D eigenvalue weighted by Crippen LogP contribution is -2.26. The molecule has 0 unspecified atom stereocenters. The van der Waals surface area contributed by atoms with Gasteiger partial charge in [-0.1, -0.05) is 62.6 Å². The van der Waals surface area contributed by atoms with Crippen LogP contribution in [0.15, 0.2) is 42.5 Å². The summed E-state index contributed by atoms with van der Waals surface area (Å²) in [4.78, 5) is 24.2. The lowest BCUT2D eigenvalue weighted by atomic mass is 9.69. The Balaban J connectivity index is 2.12. The van der Waals surface area contributed by atoms with Crippen LogP contribution in [0.4, 0.5) is 0 Å². The van der Waals surface area contributed by atoms with Crippen LogP contribution < -0.4 is 0 Å². The van der Waals surface area contributed by atoms with E-state index in [2.05, 4.69) is 6.92 Å². The zero-order chi connectivity index (χ0) is 18.7. The number of carbonyl (C=O) groups is 2. The lowest BCUT2D eigenvalue weighted by Gasteiger charge is -2.35. The molecule has 0 aromatic heterocycles. The highest BCUT2D eigenvalue weighted by molar-refractivity contribution is 6.11. The zero-order valence-corrected chi connectivity index (χ0v) is 15.0. The van der Waals surface area contributed by atoms with Crippen LogP contribution in [0.2, 0.25) is 0 Å². The van der Waals surface area contributed by atoms with Gasteiger partial charge in [-0.05, 0) is 29.9 Å². The van der Waals surface area contributed by atoms with Crippen LogP contribution in [-0.2, 0) is 16.6 Å². The summed E-state index contributed by atoms with van der Waals surface area (Å²) in [7, 11) is 0. The number of ketones is 1. The second kappa shape index (κ2) is 7.32. The van der Waals surface area contributed by atoms with E-state index in [1.807, 2.05) is 6.07 Å². The van der Waals surface area contributed by atoms with Crippen molar-refractivity contribution in [1.82, 2.24) is 0 Å². The van der Waals surface area contributed by atoms with Gasteiger partial charge in [-0.25, -0.2) is 0 Å². The molecule has 0 spiro atoms. The summed E-state index contributed by atoms with van der Waals surface area (Å²) in [5, 5.41) is 20.1. The Hall–Kier alpha value is -2.62. The van der Waals surface area contributed by atoms with Gasteiger partial charge in [-0.15, -0.1) is 0 Å². The maximum atomic E-state index is 12.9. The van der Waals surface area contributed by atoms with Gasteiger partial charge < -0.3 is 10.2 Å². The molecule has 0 saturated heterocycles. The van der Waals surface area contributed by atoms with Crippen LogP contribution in [0.25, 0.3) is 0 Å². The molecule has 3 rings (SSSR count). The average molecular weight is 352 g/mol. The summed E-state index contributed by atoms with van der Waals surface area (Å²) in [6.45, 7) is 2.10. The number of phenolic OH excluding ortho intramolecular Hbond substituents is 1. The molecule has 0 bridgehead atoms. The van der Waals surface area contributed by atoms with E-state index in [1.54, 1.807) is 30.3 Å². The number of aliphatic carboxylic acids is 1. The fourth-order valence-corrected chi connectivity index (χ4v) is 3.95. The number of aromatic hydroxyl groups is 1. The molecule has 1 fully saturated rings. The number of benzene rings is 2. The maximum Gasteiger partial charge on any atom is 0.307 e. The zero-order valence-electron chi connectivity index (χ0n) is 15.0. The first-order valence-corrected chi connectivity index (χ1v) is 9.09. The quantitative estimate of drug-likeness (QED) is 0.779. The number of hydrogen-bond acceptors (Lipinski definition) is 3. The molecule has 0 radical (unpaired) electrons. The van der Waals surface area contributed by atoms with Crippen LogP contribution >= 0.6 is 0 Å². The minimum absolute atomic E-state index is 0.00241. The molecule has 0 amide bonds. The molecule has 2 aromatic carbocycles. The standard InChI is InChI=1S/C22H24O4/c1-22(10-6-3-7-11-22)18-13-15(14-19(23)24)12-17(21(18)26)20(25)16-8-4-2-5-9-16/h2,4-5,8-9,12-13,26H,3,6-7,10-11,14H2,1H3,(H,23,24). The van der Waals surface area contributed by atoms with Crippen molar-refractivity contribution in [3.8, 4) is 5.75 Å². The largest absolute Gasteiger partial charge is 0.507 e. The lowest BCUT2D eigenvalue weighted by molar-refractivity contribution is -0.136. The SMILES string of the molecule is CC1(c2cc(CC(=O)O)cc(C(=O)c3ccccc3)c2O)CCCCC1. The van der Waals surface area contributed by atoms with Gasteiger partial charge in [-0.3, -0.25) is 9.59 Å². The fraction of sp³-hybridized carbons (Fsp3) is 0.364. The molecule has 1 aliphatic rings. The molecule has 26 heavy (non-hydrogen) atoms. The van der Waals surface area contributed by atoms with E-state index in [0.29, 0.717) is 16.7 Å². The van der Waals surface area contributed by atoms with Gasteiger partial charge in [0.2, 0.25) is 0 Å². The van der Waals surface area contributed by atoms with E-state index in [1.165, 1.54) is 12.5 Å². The van der Waals surface area contributed by atoms with E-state index in [-0.39, 0.29) is 28.9 Å². The number of rotatable bonds is 5. The van der Waals surface area contributed by atoms with Gasteiger partial charge in [0.15, 0.2) is 5.78 Å². The van der Waals surface area contributed by atoms with Gasteiger partial charge in [0.1, 0.15) is 5.75 Å². The highest BCUT2D eigenvalue weighted by Gasteiger charge is 2.33. The Morgan fingerprint density at radius 3 is 2.31 bits per heavy atom. The number of carboxylic acids is 1. The minimum atomic E-state index is -0.950. The first-order chi connectivity index (χ1) is 12.4. The molecule has 4 heteroatoms. The Morgan fingerprint density at radius 1 is 1.04 bits per heavy atom. The summed E-state index contributed by atoms with van der Waals surface area (Å²) >= 11 is 0. The first kappa shape index (κ1) is 18.2. The third kappa shape index (κ3) is 3.64. The van der Waals surface area contributed by atoms with E-state index in [9.17, 15) is 19.8 Å². The van der Waals surface area contributed by atoms with Crippen molar-refractivity contribution in [2.75, 3.05) is 0 Å². The van der Waals surface area contributed by atoms with E-state index in [0.717, 1.165) is 25.7 Å². The average Bonchev–Trinajstić information content (AvgIpc) is 2.63. The van der Waals surface area contributed by atoms with Crippen LogP contribution in [0.5, 0.6) is 5.75 Å². The van der Waals surface area contributed by atoms with Gasteiger partial charge in [0.05, 0.1) is 12.0 Å². The molecule has 1 saturated carbocycles. The Bertz CT molecular complexity index is 818. The highest BCUT2D eigenvalue weighted by Crippen LogP contribution is 2.44. The Kier molecular flexibility index (Phi) is 5.12. The predicted octanol–water partition coefficient (Wildman–Crippen LogP) is 4.47. The summed E-state index contributed by atoms with van der Waals surface area (Å²) < 4.78 is 0. The third-order valence-electron chi connectivity index (χ3n) is 5.41. The van der Waals surface area contributed by atoms with Crippen molar-refractivity contribution in [2.24, 2.45) is 0 Å². The normalized spacial score (nSPS) is 16.2. The van der Waals surface area contributed by atoms with E-state index < -0.39 is 5.97 Å². The van der Waals surface area contributed by atoms with Crippen molar-refractivity contribution in [1.29, 1.82) is 0 Å². The predicted molar refractivity (Wildman–Crippen MR) is 99.8 cm³/mol. The van der Waals surface area contributed by atoms with E-state index in [4.69, 9.17) is 0 Å². The Morgan fingerprint density at radius 2 is 1.69 bits per heavy atom. The summed E-state index contributed by atoms with van der Waals surface area (Å²) in [6, 6.07) is 12.1. The molecule has 0 aliphatic heterocycles. The molecule has 0 atom stereocenters. The highest BCUT2D eigenvalue weighted by atomic mass is 16.4. The fourth-order valence-electron chi connectivity index (χ4n) is 3.95. The number of hydrogen-bond donors (Lipinski definition) is 2. The van der Waals surface area contributed by atoms with Crippen molar-refractivity contribution in [2.45, 2.75) is 50.9 Å². The van der Waals surface area contributed by atoms with Crippen molar-refractivity contribution in [3.63, 3.8) is 0 Å². The van der Waals surface area contributed by atoms with Crippen LogP contribution in [0, 0.1) is 0 Å². The molecule has 4 nitrogen and oxygen atoms in total. The molecule has 1 aliphatic carbocycles.